The number of amides is 2. The number of carbonyl (C=O) groups is 2. The van der Waals surface area contributed by atoms with E-state index in [9.17, 15) is 18.0 Å². The molecule has 1 fully saturated rings. The van der Waals surface area contributed by atoms with Gasteiger partial charge in [0, 0.05) is 11.3 Å². The maximum Gasteiger partial charge on any atom is 0.255 e. The van der Waals surface area contributed by atoms with Gasteiger partial charge in [0.1, 0.15) is 0 Å². The molecule has 0 aliphatic carbocycles. The van der Waals surface area contributed by atoms with Crippen molar-refractivity contribution >= 4 is 33.2 Å². The molecule has 1 saturated heterocycles. The summed E-state index contributed by atoms with van der Waals surface area (Å²) in [6.45, 7) is 9.30. The lowest BCUT2D eigenvalue weighted by Crippen LogP contribution is -2.32. The standard InChI is InChI=1S/C22H26N2O4S/c1-14(2)18-8-6-7-15(3)19(18)23-20(25)16-9-11-17(12-10-16)24-21(26)22(4,5)13-29(24,27)28/h6-12,14H,13H2,1-5H3,(H,23,25). The topological polar surface area (TPSA) is 83.6 Å². The Morgan fingerprint density at radius 1 is 1.10 bits per heavy atom. The third kappa shape index (κ3) is 3.92. The SMILES string of the molecule is Cc1cccc(C(C)C)c1NC(=O)c1ccc(N2C(=O)C(C)(C)CS2(=O)=O)cc1. The van der Waals surface area contributed by atoms with Crippen molar-refractivity contribution in [2.45, 2.75) is 40.5 Å². The molecule has 1 heterocycles. The minimum atomic E-state index is -3.72. The Labute approximate surface area is 172 Å². The van der Waals surface area contributed by atoms with E-state index in [2.05, 4.69) is 19.2 Å². The zero-order valence-corrected chi connectivity index (χ0v) is 18.1. The lowest BCUT2D eigenvalue weighted by Gasteiger charge is -2.18. The Morgan fingerprint density at radius 3 is 2.24 bits per heavy atom. The van der Waals surface area contributed by atoms with Crippen LogP contribution in [0.5, 0.6) is 0 Å². The van der Waals surface area contributed by atoms with Crippen molar-refractivity contribution in [3.8, 4) is 0 Å². The van der Waals surface area contributed by atoms with E-state index in [1.54, 1.807) is 13.8 Å². The Kier molecular flexibility index (Phi) is 5.30. The van der Waals surface area contributed by atoms with Gasteiger partial charge in [0.25, 0.3) is 5.91 Å². The van der Waals surface area contributed by atoms with Crippen molar-refractivity contribution in [1.29, 1.82) is 0 Å². The summed E-state index contributed by atoms with van der Waals surface area (Å²) in [5.41, 5.74) is 2.47. The van der Waals surface area contributed by atoms with Crippen LogP contribution in [0.25, 0.3) is 0 Å². The molecule has 154 valence electrons. The molecule has 0 spiro atoms. The number of carbonyl (C=O) groups excluding carboxylic acids is 2. The third-order valence-corrected chi connectivity index (χ3v) is 7.13. The van der Waals surface area contributed by atoms with Crippen LogP contribution in [0, 0.1) is 12.3 Å². The van der Waals surface area contributed by atoms with Crippen molar-refractivity contribution in [2.75, 3.05) is 15.4 Å². The molecule has 29 heavy (non-hydrogen) atoms. The van der Waals surface area contributed by atoms with Gasteiger partial charge in [0.15, 0.2) is 0 Å². The number of aryl methyl sites for hydroxylation is 1. The maximum absolute atomic E-state index is 12.8. The Morgan fingerprint density at radius 2 is 1.72 bits per heavy atom. The van der Waals surface area contributed by atoms with Gasteiger partial charge < -0.3 is 5.32 Å². The van der Waals surface area contributed by atoms with Gasteiger partial charge in [0.05, 0.1) is 16.9 Å². The minimum absolute atomic E-state index is 0.230. The summed E-state index contributed by atoms with van der Waals surface area (Å²) in [7, 11) is -3.72. The molecule has 7 heteroatoms. The lowest BCUT2D eigenvalue weighted by atomic mass is 9.95. The van der Waals surface area contributed by atoms with Gasteiger partial charge in [-0.3, -0.25) is 9.59 Å². The van der Waals surface area contributed by atoms with Crippen LogP contribution in [-0.4, -0.2) is 26.0 Å². The van der Waals surface area contributed by atoms with E-state index in [0.29, 0.717) is 5.56 Å². The highest BCUT2D eigenvalue weighted by Gasteiger charge is 2.49. The zero-order chi connectivity index (χ0) is 21.6. The number of nitrogens with zero attached hydrogens (tertiary/aromatic N) is 1. The van der Waals surface area contributed by atoms with Crippen molar-refractivity contribution < 1.29 is 18.0 Å². The van der Waals surface area contributed by atoms with Gasteiger partial charge in [-0.25, -0.2) is 12.7 Å². The lowest BCUT2D eigenvalue weighted by molar-refractivity contribution is -0.123. The monoisotopic (exact) mass is 414 g/mol. The first-order valence-electron chi connectivity index (χ1n) is 9.52. The first-order chi connectivity index (χ1) is 13.4. The minimum Gasteiger partial charge on any atom is -0.321 e. The number of rotatable bonds is 4. The summed E-state index contributed by atoms with van der Waals surface area (Å²) < 4.78 is 25.7. The predicted octanol–water partition coefficient (Wildman–Crippen LogP) is 4.07. The highest BCUT2D eigenvalue weighted by molar-refractivity contribution is 7.94. The number of anilines is 2. The average Bonchev–Trinajstić information content (AvgIpc) is 2.79. The molecule has 0 aromatic heterocycles. The van der Waals surface area contributed by atoms with E-state index in [-0.39, 0.29) is 23.3 Å². The van der Waals surface area contributed by atoms with Gasteiger partial charge in [-0.1, -0.05) is 32.0 Å². The number of nitrogens with one attached hydrogen (secondary N) is 1. The normalized spacial score (nSPS) is 17.6. The number of hydrogen-bond donors (Lipinski definition) is 1. The molecule has 0 unspecified atom stereocenters. The van der Waals surface area contributed by atoms with Crippen LogP contribution >= 0.6 is 0 Å². The molecular formula is C22H26N2O4S. The summed E-state index contributed by atoms with van der Waals surface area (Å²) in [6.07, 6.45) is 0. The maximum atomic E-state index is 12.8. The van der Waals surface area contributed by atoms with Gasteiger partial charge in [-0.15, -0.1) is 0 Å². The molecule has 3 rings (SSSR count). The number of sulfonamides is 1. The summed E-state index contributed by atoms with van der Waals surface area (Å²) in [5.74, 6) is -0.728. The molecule has 0 radical (unpaired) electrons. The van der Waals surface area contributed by atoms with E-state index >= 15 is 0 Å². The van der Waals surface area contributed by atoms with Crippen molar-refractivity contribution in [2.24, 2.45) is 5.41 Å². The quantitative estimate of drug-likeness (QED) is 0.817. The van der Waals surface area contributed by atoms with E-state index in [4.69, 9.17) is 0 Å². The van der Waals surface area contributed by atoms with Gasteiger partial charge in [-0.05, 0) is 62.1 Å². The molecular weight excluding hydrogens is 388 g/mol. The van der Waals surface area contributed by atoms with E-state index in [1.165, 1.54) is 24.3 Å². The van der Waals surface area contributed by atoms with Crippen LogP contribution in [0.15, 0.2) is 42.5 Å². The van der Waals surface area contributed by atoms with Crippen LogP contribution in [0.3, 0.4) is 0 Å². The van der Waals surface area contributed by atoms with Gasteiger partial charge >= 0.3 is 0 Å². The van der Waals surface area contributed by atoms with E-state index < -0.39 is 21.3 Å². The number of benzene rings is 2. The molecule has 2 aromatic carbocycles. The second kappa shape index (κ2) is 7.30. The Bertz CT molecular complexity index is 1070. The second-order valence-corrected chi connectivity index (χ2v) is 10.2. The smallest absolute Gasteiger partial charge is 0.255 e. The van der Waals surface area contributed by atoms with Crippen LogP contribution in [0.4, 0.5) is 11.4 Å². The molecule has 2 aromatic rings. The Hall–Kier alpha value is -2.67. The summed E-state index contributed by atoms with van der Waals surface area (Å²) in [4.78, 5) is 25.3. The summed E-state index contributed by atoms with van der Waals surface area (Å²) in [6, 6.07) is 11.9. The Balaban J connectivity index is 1.87. The molecule has 1 N–H and O–H groups in total. The second-order valence-electron chi connectivity index (χ2n) is 8.40. The van der Waals surface area contributed by atoms with Gasteiger partial charge in [0.2, 0.25) is 15.9 Å². The molecule has 1 aliphatic heterocycles. The van der Waals surface area contributed by atoms with Crippen LogP contribution in [0.2, 0.25) is 0 Å². The van der Waals surface area contributed by atoms with Gasteiger partial charge in [-0.2, -0.15) is 0 Å². The molecule has 6 nitrogen and oxygen atoms in total. The fraction of sp³-hybridized carbons (Fsp3) is 0.364. The van der Waals surface area contributed by atoms with Crippen LogP contribution in [-0.2, 0) is 14.8 Å². The van der Waals surface area contributed by atoms with Crippen LogP contribution in [0.1, 0.15) is 55.1 Å². The van der Waals surface area contributed by atoms with Crippen molar-refractivity contribution in [1.82, 2.24) is 0 Å². The summed E-state index contributed by atoms with van der Waals surface area (Å²) >= 11 is 0. The van der Waals surface area contributed by atoms with Crippen molar-refractivity contribution in [3.63, 3.8) is 0 Å². The largest absolute Gasteiger partial charge is 0.321 e. The molecule has 0 saturated carbocycles. The highest BCUT2D eigenvalue weighted by Crippen LogP contribution is 2.36. The molecule has 2 amide bonds. The fourth-order valence-electron chi connectivity index (χ4n) is 3.54. The molecule has 0 bridgehead atoms. The van der Waals surface area contributed by atoms with E-state index in [0.717, 1.165) is 21.1 Å². The first kappa shape index (κ1) is 21.0. The van der Waals surface area contributed by atoms with Crippen molar-refractivity contribution in [3.05, 3.63) is 59.2 Å². The number of hydrogen-bond acceptors (Lipinski definition) is 4. The third-order valence-electron chi connectivity index (χ3n) is 5.11. The van der Waals surface area contributed by atoms with Crippen LogP contribution < -0.4 is 9.62 Å². The number of para-hydroxylation sites is 1. The predicted molar refractivity (Wildman–Crippen MR) is 115 cm³/mol. The molecule has 1 aliphatic rings. The summed E-state index contributed by atoms with van der Waals surface area (Å²) in [5, 5.41) is 2.97. The fourth-order valence-corrected chi connectivity index (χ4v) is 5.64. The van der Waals surface area contributed by atoms with E-state index in [1.807, 2.05) is 25.1 Å². The first-order valence-corrected chi connectivity index (χ1v) is 11.1. The molecule has 0 atom stereocenters. The highest BCUT2D eigenvalue weighted by atomic mass is 32.2. The zero-order valence-electron chi connectivity index (χ0n) is 17.3. The average molecular weight is 415 g/mol.